The van der Waals surface area contributed by atoms with E-state index in [1.54, 1.807) is 4.68 Å². The lowest BCUT2D eigenvalue weighted by molar-refractivity contribution is -0.152. The van der Waals surface area contributed by atoms with Gasteiger partial charge in [-0.25, -0.2) is 4.68 Å². The fourth-order valence-corrected chi connectivity index (χ4v) is 4.44. The van der Waals surface area contributed by atoms with Gasteiger partial charge in [0.15, 0.2) is 0 Å². The van der Waals surface area contributed by atoms with Crippen molar-refractivity contribution in [2.45, 2.75) is 51.2 Å². The summed E-state index contributed by atoms with van der Waals surface area (Å²) in [6, 6.07) is 0. The number of esters is 1. The zero-order chi connectivity index (χ0) is 20.7. The highest BCUT2D eigenvalue weighted by Gasteiger charge is 2.51. The Hall–Kier alpha value is -2.56. The van der Waals surface area contributed by atoms with Crippen LogP contribution in [0.2, 0.25) is 0 Å². The molecule has 3 saturated heterocycles. The minimum absolute atomic E-state index is 0.0164. The molecular formula is C18H28N6O5. The Morgan fingerprint density at radius 3 is 2.59 bits per heavy atom. The van der Waals surface area contributed by atoms with E-state index >= 15 is 0 Å². The average Bonchev–Trinajstić information content (AvgIpc) is 3.45. The summed E-state index contributed by atoms with van der Waals surface area (Å²) in [6.45, 7) is 4.57. The number of hydrogen-bond donors (Lipinski definition) is 1. The second-order valence-corrected chi connectivity index (χ2v) is 7.83. The molecule has 29 heavy (non-hydrogen) atoms. The first-order valence-electron chi connectivity index (χ1n) is 10.1. The van der Waals surface area contributed by atoms with Crippen LogP contribution in [0, 0.1) is 5.41 Å². The minimum atomic E-state index is -0.378. The molecule has 1 spiro atoms. The van der Waals surface area contributed by atoms with Crippen molar-refractivity contribution < 1.29 is 24.2 Å². The molecule has 1 unspecified atom stereocenters. The number of carbonyl (C=O) groups excluding carboxylic acids is 2. The number of carboxylic acid groups (broad SMARTS) is 1. The van der Waals surface area contributed by atoms with Crippen molar-refractivity contribution in [3.63, 3.8) is 0 Å². The fraction of sp³-hybridized carbons (Fsp3) is 0.778. The monoisotopic (exact) mass is 408 g/mol. The van der Waals surface area contributed by atoms with Crippen molar-refractivity contribution in [2.24, 2.45) is 5.41 Å². The summed E-state index contributed by atoms with van der Waals surface area (Å²) in [5, 5.41) is 17.8. The number of rotatable bonds is 5. The smallest absolute Gasteiger partial charge is 0.312 e. The Morgan fingerprint density at radius 1 is 1.28 bits per heavy atom. The SMILES string of the molecule is O=C(CCn1cnnn1)N1CCC2(CC1)CC(CN1CCCC1)OC2=O.O=CO. The van der Waals surface area contributed by atoms with Gasteiger partial charge in [-0.15, -0.1) is 5.10 Å². The quantitative estimate of drug-likeness (QED) is 0.519. The molecule has 4 rings (SSSR count). The van der Waals surface area contributed by atoms with Crippen LogP contribution in [-0.4, -0.2) is 92.3 Å². The van der Waals surface area contributed by atoms with E-state index in [-0.39, 0.29) is 29.9 Å². The van der Waals surface area contributed by atoms with Gasteiger partial charge in [0, 0.05) is 32.5 Å². The molecular weight excluding hydrogens is 380 g/mol. The molecule has 3 aliphatic heterocycles. The van der Waals surface area contributed by atoms with Gasteiger partial charge in [0.05, 0.1) is 12.0 Å². The summed E-state index contributed by atoms with van der Waals surface area (Å²) >= 11 is 0. The zero-order valence-corrected chi connectivity index (χ0v) is 16.5. The predicted octanol–water partition coefficient (Wildman–Crippen LogP) is -0.216. The number of cyclic esters (lactones) is 1. The van der Waals surface area contributed by atoms with Gasteiger partial charge in [-0.05, 0) is 49.2 Å². The van der Waals surface area contributed by atoms with E-state index in [9.17, 15) is 9.59 Å². The number of piperidine rings is 1. The second-order valence-electron chi connectivity index (χ2n) is 7.83. The molecule has 0 saturated carbocycles. The van der Waals surface area contributed by atoms with Crippen LogP contribution >= 0.6 is 0 Å². The summed E-state index contributed by atoms with van der Waals surface area (Å²) in [6.07, 6.45) is 6.60. The van der Waals surface area contributed by atoms with Crippen LogP contribution in [0.4, 0.5) is 0 Å². The maximum atomic E-state index is 12.5. The zero-order valence-electron chi connectivity index (χ0n) is 16.5. The molecule has 3 fully saturated rings. The van der Waals surface area contributed by atoms with Gasteiger partial charge in [0.1, 0.15) is 12.4 Å². The molecule has 160 valence electrons. The molecule has 0 aromatic carbocycles. The number of tetrazole rings is 1. The van der Waals surface area contributed by atoms with Gasteiger partial charge in [-0.3, -0.25) is 19.3 Å². The Kier molecular flexibility index (Phi) is 7.13. The van der Waals surface area contributed by atoms with Crippen LogP contribution in [0.3, 0.4) is 0 Å². The highest BCUT2D eigenvalue weighted by molar-refractivity contribution is 5.80. The van der Waals surface area contributed by atoms with Crippen LogP contribution in [0.15, 0.2) is 6.33 Å². The largest absolute Gasteiger partial charge is 0.483 e. The lowest BCUT2D eigenvalue weighted by atomic mass is 9.76. The number of ether oxygens (including phenoxy) is 1. The van der Waals surface area contributed by atoms with Gasteiger partial charge < -0.3 is 14.7 Å². The molecule has 1 atom stereocenters. The number of aryl methyl sites for hydroxylation is 1. The molecule has 11 nitrogen and oxygen atoms in total. The Bertz CT molecular complexity index is 683. The van der Waals surface area contributed by atoms with Crippen LogP contribution in [0.5, 0.6) is 0 Å². The van der Waals surface area contributed by atoms with Crippen LogP contribution in [0.25, 0.3) is 0 Å². The van der Waals surface area contributed by atoms with Crippen LogP contribution < -0.4 is 0 Å². The van der Waals surface area contributed by atoms with Crippen molar-refractivity contribution >= 4 is 18.3 Å². The third-order valence-corrected chi connectivity index (χ3v) is 6.01. The first-order valence-corrected chi connectivity index (χ1v) is 10.1. The van der Waals surface area contributed by atoms with Gasteiger partial charge in [-0.2, -0.15) is 0 Å². The summed E-state index contributed by atoms with van der Waals surface area (Å²) < 4.78 is 7.26. The van der Waals surface area contributed by atoms with E-state index in [2.05, 4.69) is 20.4 Å². The molecule has 1 aromatic heterocycles. The average molecular weight is 408 g/mol. The normalized spacial score (nSPS) is 23.5. The lowest BCUT2D eigenvalue weighted by Gasteiger charge is -2.36. The van der Waals surface area contributed by atoms with Crippen molar-refractivity contribution in [2.75, 3.05) is 32.7 Å². The molecule has 3 aliphatic rings. The molecule has 1 amide bonds. The van der Waals surface area contributed by atoms with Crippen LogP contribution in [-0.2, 0) is 25.7 Å². The third-order valence-electron chi connectivity index (χ3n) is 6.01. The van der Waals surface area contributed by atoms with Crippen molar-refractivity contribution in [1.29, 1.82) is 0 Å². The molecule has 11 heteroatoms. The minimum Gasteiger partial charge on any atom is -0.483 e. The highest BCUT2D eigenvalue weighted by Crippen LogP contribution is 2.43. The summed E-state index contributed by atoms with van der Waals surface area (Å²) in [4.78, 5) is 37.5. The van der Waals surface area contributed by atoms with Crippen molar-refractivity contribution in [3.05, 3.63) is 6.33 Å². The highest BCUT2D eigenvalue weighted by atomic mass is 16.6. The number of carbonyl (C=O) groups is 3. The topological polar surface area (TPSA) is 131 Å². The first-order chi connectivity index (χ1) is 14.1. The number of hydrogen-bond acceptors (Lipinski definition) is 8. The summed E-state index contributed by atoms with van der Waals surface area (Å²) in [5.74, 6) is 0.0396. The predicted molar refractivity (Wildman–Crippen MR) is 99.5 cm³/mol. The Labute approximate surface area is 169 Å². The number of likely N-dealkylation sites (tertiary alicyclic amines) is 2. The maximum absolute atomic E-state index is 12.5. The molecule has 0 aliphatic carbocycles. The Balaban J connectivity index is 0.000000755. The molecule has 0 radical (unpaired) electrons. The van der Waals surface area contributed by atoms with E-state index in [1.807, 2.05) is 4.90 Å². The molecule has 0 bridgehead atoms. The summed E-state index contributed by atoms with van der Waals surface area (Å²) in [5.41, 5.74) is -0.378. The fourth-order valence-electron chi connectivity index (χ4n) is 4.44. The molecule has 1 N–H and O–H groups in total. The van der Waals surface area contributed by atoms with Crippen molar-refractivity contribution in [1.82, 2.24) is 30.0 Å². The van der Waals surface area contributed by atoms with E-state index < -0.39 is 0 Å². The first kappa shape index (κ1) is 21.2. The number of amides is 1. The van der Waals surface area contributed by atoms with Gasteiger partial charge in [0.2, 0.25) is 5.91 Å². The maximum Gasteiger partial charge on any atom is 0.312 e. The summed E-state index contributed by atoms with van der Waals surface area (Å²) in [7, 11) is 0. The number of nitrogens with zero attached hydrogens (tertiary/aromatic N) is 6. The molecule has 1 aromatic rings. The van der Waals surface area contributed by atoms with E-state index in [0.717, 1.165) is 26.1 Å². The van der Waals surface area contributed by atoms with Crippen molar-refractivity contribution in [3.8, 4) is 0 Å². The van der Waals surface area contributed by atoms with Crippen LogP contribution in [0.1, 0.15) is 38.5 Å². The van der Waals surface area contributed by atoms with Gasteiger partial charge in [0.25, 0.3) is 6.47 Å². The standard InChI is InChI=1S/C17H26N6O3.CH2O2/c24-15(3-8-23-13-18-19-20-23)22-9-4-17(5-10-22)11-14(26-16(17)25)12-21-6-1-2-7-21;2-1-3/h13-14H,1-12H2;1H,(H,2,3). The Morgan fingerprint density at radius 2 is 1.97 bits per heavy atom. The van der Waals surface area contributed by atoms with E-state index in [1.165, 1.54) is 19.2 Å². The molecule has 4 heterocycles. The third kappa shape index (κ3) is 5.28. The van der Waals surface area contributed by atoms with Gasteiger partial charge in [-0.1, -0.05) is 0 Å². The second kappa shape index (κ2) is 9.77. The van der Waals surface area contributed by atoms with E-state index in [4.69, 9.17) is 14.6 Å². The number of aromatic nitrogens is 4. The lowest BCUT2D eigenvalue weighted by Crippen LogP contribution is -2.45. The van der Waals surface area contributed by atoms with E-state index in [0.29, 0.717) is 38.9 Å². The van der Waals surface area contributed by atoms with Gasteiger partial charge >= 0.3 is 5.97 Å².